The lowest BCUT2D eigenvalue weighted by atomic mass is 10.2. The van der Waals surface area contributed by atoms with Crippen LogP contribution in [0.5, 0.6) is 0 Å². The minimum Gasteiger partial charge on any atom is -0.309 e. The molecule has 17 heavy (non-hydrogen) atoms. The van der Waals surface area contributed by atoms with Crippen molar-refractivity contribution in [1.29, 1.82) is 0 Å². The molecule has 6 nitrogen and oxygen atoms in total. The monoisotopic (exact) mass is 258 g/mol. The van der Waals surface area contributed by atoms with Gasteiger partial charge in [-0.1, -0.05) is 0 Å². The lowest BCUT2D eigenvalue weighted by Gasteiger charge is -2.34. The summed E-state index contributed by atoms with van der Waals surface area (Å²) in [6.45, 7) is 4.98. The average Bonchev–Trinajstić information content (AvgIpc) is 2.64. The van der Waals surface area contributed by atoms with Crippen molar-refractivity contribution < 1.29 is 8.42 Å². The zero-order valence-corrected chi connectivity index (χ0v) is 11.1. The van der Waals surface area contributed by atoms with Crippen molar-refractivity contribution in [3.63, 3.8) is 0 Å². The summed E-state index contributed by atoms with van der Waals surface area (Å²) in [6, 6.07) is 0.343. The van der Waals surface area contributed by atoms with E-state index in [9.17, 15) is 8.42 Å². The molecule has 2 rings (SSSR count). The molecule has 1 aliphatic rings. The van der Waals surface area contributed by atoms with Crippen LogP contribution in [0.3, 0.4) is 0 Å². The van der Waals surface area contributed by atoms with E-state index in [1.807, 2.05) is 13.8 Å². The first kappa shape index (κ1) is 12.5. The topological polar surface area (TPSA) is 67.2 Å². The van der Waals surface area contributed by atoms with Crippen LogP contribution in [0, 0.1) is 0 Å². The highest BCUT2D eigenvalue weighted by atomic mass is 32.2. The van der Waals surface area contributed by atoms with Crippen molar-refractivity contribution in [3.05, 3.63) is 12.4 Å². The van der Waals surface area contributed by atoms with Crippen LogP contribution in [0.1, 0.15) is 13.8 Å². The Kier molecular flexibility index (Phi) is 3.24. The molecule has 96 valence electrons. The number of piperazine rings is 1. The fourth-order valence-corrected chi connectivity index (χ4v) is 3.76. The third-order valence-corrected chi connectivity index (χ3v) is 4.63. The van der Waals surface area contributed by atoms with Gasteiger partial charge in [-0.2, -0.15) is 9.40 Å². The predicted molar refractivity (Wildman–Crippen MR) is 64.0 cm³/mol. The van der Waals surface area contributed by atoms with Crippen LogP contribution < -0.4 is 5.32 Å². The molecule has 1 N–H and O–H groups in total. The Hall–Kier alpha value is -0.920. The van der Waals surface area contributed by atoms with E-state index in [-0.39, 0.29) is 17.0 Å². The molecule has 0 bridgehead atoms. The molecule has 1 aromatic heterocycles. The molecule has 0 saturated carbocycles. The Bertz CT molecular complexity index is 486. The Morgan fingerprint density at radius 2 is 1.94 bits per heavy atom. The first-order valence-corrected chi connectivity index (χ1v) is 7.08. The molecule has 1 aliphatic heterocycles. The SMILES string of the molecule is CC1CN(S(=O)(=O)c2cnn(C)c2)CC(C)N1. The molecule has 7 heteroatoms. The predicted octanol–water partition coefficient (Wildman–Crippen LogP) is -0.209. The van der Waals surface area contributed by atoms with Gasteiger partial charge in [-0.25, -0.2) is 8.42 Å². The smallest absolute Gasteiger partial charge is 0.246 e. The average molecular weight is 258 g/mol. The van der Waals surface area contributed by atoms with Crippen LogP contribution in [0.2, 0.25) is 0 Å². The van der Waals surface area contributed by atoms with Crippen LogP contribution in [0.15, 0.2) is 17.3 Å². The van der Waals surface area contributed by atoms with E-state index in [0.29, 0.717) is 13.1 Å². The van der Waals surface area contributed by atoms with Crippen molar-refractivity contribution in [2.45, 2.75) is 30.8 Å². The van der Waals surface area contributed by atoms with Crippen molar-refractivity contribution in [1.82, 2.24) is 19.4 Å². The van der Waals surface area contributed by atoms with Crippen LogP contribution in [0.25, 0.3) is 0 Å². The molecule has 2 unspecified atom stereocenters. The second kappa shape index (κ2) is 4.40. The first-order chi connectivity index (χ1) is 7.89. The molecule has 2 atom stereocenters. The van der Waals surface area contributed by atoms with Gasteiger partial charge in [0.25, 0.3) is 0 Å². The van der Waals surface area contributed by atoms with Gasteiger partial charge in [0, 0.05) is 38.4 Å². The molecule has 0 radical (unpaired) electrons. The summed E-state index contributed by atoms with van der Waals surface area (Å²) in [5, 5.41) is 7.22. The lowest BCUT2D eigenvalue weighted by Crippen LogP contribution is -2.55. The van der Waals surface area contributed by atoms with Crippen molar-refractivity contribution in [3.8, 4) is 0 Å². The lowest BCUT2D eigenvalue weighted by molar-refractivity contribution is 0.263. The number of rotatable bonds is 2. The van der Waals surface area contributed by atoms with Crippen molar-refractivity contribution in [2.75, 3.05) is 13.1 Å². The molecule has 1 fully saturated rings. The third-order valence-electron chi connectivity index (χ3n) is 2.84. The molecule has 0 amide bonds. The minimum atomic E-state index is -3.40. The number of sulfonamides is 1. The second-order valence-electron chi connectivity index (χ2n) is 4.64. The van der Waals surface area contributed by atoms with Crippen LogP contribution >= 0.6 is 0 Å². The summed E-state index contributed by atoms with van der Waals surface area (Å²) in [5.41, 5.74) is 0. The van der Waals surface area contributed by atoms with Crippen molar-refractivity contribution >= 4 is 10.0 Å². The van der Waals surface area contributed by atoms with Crippen molar-refractivity contribution in [2.24, 2.45) is 7.05 Å². The van der Waals surface area contributed by atoms with Crippen LogP contribution in [-0.2, 0) is 17.1 Å². The highest BCUT2D eigenvalue weighted by molar-refractivity contribution is 7.89. The van der Waals surface area contributed by atoms with Gasteiger partial charge in [0.05, 0.1) is 6.20 Å². The molecule has 0 aromatic carbocycles. The maximum absolute atomic E-state index is 12.3. The van der Waals surface area contributed by atoms with Crippen LogP contribution in [0.4, 0.5) is 0 Å². The van der Waals surface area contributed by atoms with E-state index in [2.05, 4.69) is 10.4 Å². The fraction of sp³-hybridized carbons (Fsp3) is 0.700. The number of aryl methyl sites for hydroxylation is 1. The number of nitrogens with one attached hydrogen (secondary N) is 1. The van der Waals surface area contributed by atoms with E-state index in [1.165, 1.54) is 21.4 Å². The molecule has 0 spiro atoms. The van der Waals surface area contributed by atoms with Gasteiger partial charge < -0.3 is 5.32 Å². The molecular weight excluding hydrogens is 240 g/mol. The van der Waals surface area contributed by atoms with Gasteiger partial charge in [0.2, 0.25) is 10.0 Å². The standard InChI is InChI=1S/C10H18N4O2S/c1-8-5-14(6-9(2)12-8)17(15,16)10-4-11-13(3)7-10/h4,7-9,12H,5-6H2,1-3H3. The second-order valence-corrected chi connectivity index (χ2v) is 6.58. The minimum absolute atomic E-state index is 0.171. The number of aromatic nitrogens is 2. The zero-order chi connectivity index (χ0) is 12.6. The Morgan fingerprint density at radius 3 is 2.41 bits per heavy atom. The van der Waals surface area contributed by atoms with E-state index < -0.39 is 10.0 Å². The maximum atomic E-state index is 12.3. The highest BCUT2D eigenvalue weighted by Crippen LogP contribution is 2.17. The van der Waals surface area contributed by atoms with Gasteiger partial charge in [-0.15, -0.1) is 0 Å². The van der Waals surface area contributed by atoms with Gasteiger partial charge in [0.1, 0.15) is 4.90 Å². The zero-order valence-electron chi connectivity index (χ0n) is 10.3. The number of hydrogen-bond donors (Lipinski definition) is 1. The summed E-state index contributed by atoms with van der Waals surface area (Å²) in [4.78, 5) is 0.265. The van der Waals surface area contributed by atoms with E-state index in [1.54, 1.807) is 7.05 Å². The van der Waals surface area contributed by atoms with Gasteiger partial charge in [-0.05, 0) is 13.8 Å². The third kappa shape index (κ3) is 2.51. The molecule has 1 saturated heterocycles. The highest BCUT2D eigenvalue weighted by Gasteiger charge is 2.31. The summed E-state index contributed by atoms with van der Waals surface area (Å²) in [5.74, 6) is 0. The quantitative estimate of drug-likeness (QED) is 0.797. The fourth-order valence-electron chi connectivity index (χ4n) is 2.15. The largest absolute Gasteiger partial charge is 0.309 e. The van der Waals surface area contributed by atoms with Gasteiger partial charge in [0.15, 0.2) is 0 Å². The number of hydrogen-bond acceptors (Lipinski definition) is 4. The molecule has 1 aromatic rings. The summed E-state index contributed by atoms with van der Waals surface area (Å²) >= 11 is 0. The molecule has 0 aliphatic carbocycles. The van der Waals surface area contributed by atoms with Gasteiger partial charge in [-0.3, -0.25) is 4.68 Å². The van der Waals surface area contributed by atoms with Crippen LogP contribution in [-0.4, -0.2) is 47.7 Å². The maximum Gasteiger partial charge on any atom is 0.246 e. The summed E-state index contributed by atoms with van der Waals surface area (Å²) in [7, 11) is -1.69. The van der Waals surface area contributed by atoms with E-state index in [0.717, 1.165) is 0 Å². The number of nitrogens with zero attached hydrogens (tertiary/aromatic N) is 3. The first-order valence-electron chi connectivity index (χ1n) is 5.64. The van der Waals surface area contributed by atoms with E-state index in [4.69, 9.17) is 0 Å². The normalized spacial score (nSPS) is 27.2. The molecular formula is C10H18N4O2S. The van der Waals surface area contributed by atoms with E-state index >= 15 is 0 Å². The summed E-state index contributed by atoms with van der Waals surface area (Å²) < 4.78 is 27.7. The Morgan fingerprint density at radius 1 is 1.35 bits per heavy atom. The Labute approximate surface area is 102 Å². The summed E-state index contributed by atoms with van der Waals surface area (Å²) in [6.07, 6.45) is 2.93. The molecule has 2 heterocycles. The van der Waals surface area contributed by atoms with Gasteiger partial charge >= 0.3 is 0 Å². The Balaban J connectivity index is 2.26.